The second-order valence-corrected chi connectivity index (χ2v) is 18.8. The highest BCUT2D eigenvalue weighted by Crippen LogP contribution is 2.24. The molecule has 56 heavy (non-hydrogen) atoms. The topological polar surface area (TPSA) is 94.9 Å². The van der Waals surface area contributed by atoms with Gasteiger partial charge >= 0.3 is 9.53 Å². The molecule has 0 aliphatic rings. The van der Waals surface area contributed by atoms with Gasteiger partial charge in [-0.05, 0) is 37.9 Å². The number of carbonyl (C=O) groups is 2. The molecule has 0 aliphatic carbocycles. The van der Waals surface area contributed by atoms with Crippen molar-refractivity contribution in [3.05, 3.63) is 0 Å². The van der Waals surface area contributed by atoms with Crippen LogP contribution in [0.5, 0.6) is 0 Å². The van der Waals surface area contributed by atoms with E-state index in [4.69, 9.17) is 18.3 Å². The lowest BCUT2D eigenvalue weighted by Gasteiger charge is -2.22. The Morgan fingerprint density at radius 3 is 1.07 bits per heavy atom. The smallest absolute Gasteiger partial charge is 0.465 e. The van der Waals surface area contributed by atoms with Gasteiger partial charge in [0.05, 0.1) is 0 Å². The second kappa shape index (κ2) is 45.0. The maximum atomic E-state index is 12.8. The summed E-state index contributed by atoms with van der Waals surface area (Å²) in [6, 6.07) is 0. The molecule has 0 amide bonds. The monoisotopic (exact) mass is 826 g/mol. The first kappa shape index (κ1) is 54.9. The molecule has 0 heterocycles. The Balaban J connectivity index is 4.48. The molecule has 0 saturated carbocycles. The molecule has 0 fully saturated rings. The highest BCUT2D eigenvalue weighted by molar-refractivity contribution is 8.04. The molecule has 0 aromatic carbocycles. The minimum absolute atomic E-state index is 0.0803. The van der Waals surface area contributed by atoms with E-state index < -0.39 is 27.6 Å². The first-order valence-corrected chi connectivity index (χ1v) is 26.5. The van der Waals surface area contributed by atoms with Gasteiger partial charge in [0, 0.05) is 18.1 Å². The summed E-state index contributed by atoms with van der Waals surface area (Å²) in [5, 5.41) is 11.5. The Morgan fingerprint density at radius 1 is 0.482 bits per heavy atom. The number of rotatable bonds is 45. The molecule has 0 N–H and O–H groups in total. The van der Waals surface area contributed by atoms with E-state index in [1.54, 1.807) is 0 Å². The summed E-state index contributed by atoms with van der Waals surface area (Å²) in [5.41, 5.74) is 0. The molecule has 2 unspecified atom stereocenters. The number of hydrogen-bond acceptors (Lipinski definition) is 8. The largest absolute Gasteiger partial charge is 0.647 e. The van der Waals surface area contributed by atoms with Crippen LogP contribution in [-0.4, -0.2) is 32.8 Å². The van der Waals surface area contributed by atoms with E-state index in [1.165, 1.54) is 185 Å². The predicted octanol–water partition coefficient (Wildman–Crippen LogP) is 15.6. The second-order valence-electron chi connectivity index (χ2n) is 16.5. The van der Waals surface area contributed by atoms with Gasteiger partial charge in [0.2, 0.25) is 0 Å². The van der Waals surface area contributed by atoms with Crippen LogP contribution in [0.1, 0.15) is 272 Å². The van der Waals surface area contributed by atoms with Gasteiger partial charge in [0.1, 0.15) is 11.5 Å². The fourth-order valence-electron chi connectivity index (χ4n) is 7.28. The normalized spacial score (nSPS) is 12.5. The highest BCUT2D eigenvalue weighted by atomic mass is 32.2. The minimum Gasteiger partial charge on any atom is -0.465 e. The third-order valence-corrected chi connectivity index (χ3v) is 13.2. The molecule has 0 aliphatic heterocycles. The molecule has 0 bridgehead atoms. The van der Waals surface area contributed by atoms with Crippen LogP contribution in [0.2, 0.25) is 0 Å². The van der Waals surface area contributed by atoms with Crippen molar-refractivity contribution in [2.24, 2.45) is 0 Å². The van der Waals surface area contributed by atoms with Crippen LogP contribution in [0.3, 0.4) is 0 Å². The van der Waals surface area contributed by atoms with Gasteiger partial charge in [-0.3, -0.25) is 9.59 Å². The van der Waals surface area contributed by atoms with Crippen LogP contribution in [0.25, 0.3) is 0 Å². The van der Waals surface area contributed by atoms with Gasteiger partial charge in [0.15, 0.2) is 0 Å². The SMILES string of the molecule is CCCCCCCCCCCCCCCCCC(=O)O[SiH](OOC(C)C(CCCCCCC)SC#N)OC(=O)CCCCCCCCCCCCCCCCC. The molecular formula is C47H91NO6SSi. The zero-order valence-electron chi connectivity index (χ0n) is 37.4. The zero-order chi connectivity index (χ0) is 41.0. The van der Waals surface area contributed by atoms with Gasteiger partial charge in [-0.25, -0.2) is 9.46 Å². The van der Waals surface area contributed by atoms with Crippen LogP contribution in [-0.2, 0) is 27.9 Å². The van der Waals surface area contributed by atoms with Crippen molar-refractivity contribution in [1.82, 2.24) is 0 Å². The first-order chi connectivity index (χ1) is 27.5. The maximum Gasteiger partial charge on any atom is 0.647 e. The zero-order valence-corrected chi connectivity index (χ0v) is 39.4. The van der Waals surface area contributed by atoms with E-state index in [2.05, 4.69) is 26.2 Å². The lowest BCUT2D eigenvalue weighted by Crippen LogP contribution is -2.35. The Hall–Kier alpha value is -1.08. The summed E-state index contributed by atoms with van der Waals surface area (Å²) < 4.78 is 16.8. The Labute approximate surface area is 353 Å². The summed E-state index contributed by atoms with van der Waals surface area (Å²) >= 11 is 1.18. The summed E-state index contributed by atoms with van der Waals surface area (Å²) in [5.74, 6) is -0.794. The van der Waals surface area contributed by atoms with Crippen molar-refractivity contribution in [2.75, 3.05) is 0 Å². The average molecular weight is 826 g/mol. The van der Waals surface area contributed by atoms with E-state index in [0.29, 0.717) is 0 Å². The summed E-state index contributed by atoms with van der Waals surface area (Å²) in [7, 11) is -3.21. The molecule has 330 valence electrons. The number of nitrogens with zero attached hydrogens (tertiary/aromatic N) is 1. The predicted molar refractivity (Wildman–Crippen MR) is 240 cm³/mol. The molecule has 9 heteroatoms. The number of thioether (sulfide) groups is 1. The number of thiocyanates is 1. The molecule has 0 aromatic rings. The van der Waals surface area contributed by atoms with Crippen LogP contribution >= 0.6 is 11.8 Å². The lowest BCUT2D eigenvalue weighted by molar-refractivity contribution is -0.267. The number of unbranched alkanes of at least 4 members (excludes halogenated alkanes) is 32. The molecule has 7 nitrogen and oxygen atoms in total. The number of hydrogen-bond donors (Lipinski definition) is 0. The van der Waals surface area contributed by atoms with E-state index in [1.807, 2.05) is 6.92 Å². The van der Waals surface area contributed by atoms with Crippen molar-refractivity contribution in [3.63, 3.8) is 0 Å². The van der Waals surface area contributed by atoms with Gasteiger partial charge in [-0.15, -0.1) is 0 Å². The summed E-state index contributed by atoms with van der Waals surface area (Å²) in [4.78, 5) is 31.3. The fraction of sp³-hybridized carbons (Fsp3) is 0.936. The van der Waals surface area contributed by atoms with Crippen molar-refractivity contribution in [2.45, 2.75) is 283 Å². The Bertz CT molecular complexity index is 841. The Kier molecular flexibility index (Phi) is 44.1. The van der Waals surface area contributed by atoms with Gasteiger partial charge in [-0.2, -0.15) is 5.26 Å². The highest BCUT2D eigenvalue weighted by Gasteiger charge is 2.29. The summed E-state index contributed by atoms with van der Waals surface area (Å²) in [6.07, 6.45) is 44.6. The Morgan fingerprint density at radius 2 is 0.768 bits per heavy atom. The fourth-order valence-corrected chi connectivity index (χ4v) is 8.99. The van der Waals surface area contributed by atoms with Crippen LogP contribution < -0.4 is 0 Å². The van der Waals surface area contributed by atoms with E-state index in [-0.39, 0.29) is 18.1 Å². The third-order valence-electron chi connectivity index (χ3n) is 11.0. The average Bonchev–Trinajstić information content (AvgIpc) is 3.19. The van der Waals surface area contributed by atoms with E-state index in [0.717, 1.165) is 57.8 Å². The van der Waals surface area contributed by atoms with E-state index in [9.17, 15) is 14.9 Å². The van der Waals surface area contributed by atoms with Crippen LogP contribution in [0, 0.1) is 10.7 Å². The van der Waals surface area contributed by atoms with Crippen molar-refractivity contribution in [3.8, 4) is 5.40 Å². The molecule has 0 aromatic heterocycles. The van der Waals surface area contributed by atoms with Gasteiger partial charge < -0.3 is 8.85 Å². The molecule has 0 rings (SSSR count). The molecule has 0 saturated heterocycles. The standard InChI is InChI=1S/C47H91NO6SSi/c1-5-8-11-14-16-18-20-22-24-26-28-30-32-35-38-41-46(49)52-56(54-51-44(4)45(55-43-48)40-37-34-13-10-7-3)53-47(50)42-39-36-33-31-29-27-25-23-21-19-17-15-12-9-6-2/h44-45,56H,5-42H2,1-4H3. The number of carbonyl (C=O) groups excluding carboxylic acids is 2. The quantitative estimate of drug-likeness (QED) is 0.0197. The molecule has 0 radical (unpaired) electrons. The molecular weight excluding hydrogens is 735 g/mol. The van der Waals surface area contributed by atoms with Gasteiger partial charge in [0.25, 0.3) is 11.9 Å². The number of nitriles is 1. The van der Waals surface area contributed by atoms with Gasteiger partial charge in [-0.1, -0.05) is 233 Å². The van der Waals surface area contributed by atoms with Crippen molar-refractivity contribution >= 4 is 33.2 Å². The van der Waals surface area contributed by atoms with Crippen molar-refractivity contribution < 1.29 is 27.9 Å². The van der Waals surface area contributed by atoms with Crippen LogP contribution in [0.15, 0.2) is 0 Å². The third kappa shape index (κ3) is 39.7. The summed E-state index contributed by atoms with van der Waals surface area (Å²) in [6.45, 7) is 8.60. The van der Waals surface area contributed by atoms with Crippen LogP contribution in [0.4, 0.5) is 0 Å². The first-order valence-electron chi connectivity index (χ1n) is 24.2. The molecule has 2 atom stereocenters. The minimum atomic E-state index is -3.21. The maximum absolute atomic E-state index is 12.8. The lowest BCUT2D eigenvalue weighted by atomic mass is 10.0. The molecule has 0 spiro atoms. The van der Waals surface area contributed by atoms with Crippen molar-refractivity contribution in [1.29, 1.82) is 5.26 Å². The van der Waals surface area contributed by atoms with E-state index >= 15 is 0 Å².